The summed E-state index contributed by atoms with van der Waals surface area (Å²) in [5, 5.41) is 0. The molecule has 10 fully saturated rings. The molecule has 8 atom stereocenters. The van der Waals surface area contributed by atoms with Crippen molar-refractivity contribution in [2.45, 2.75) is 211 Å². The molecule has 4 aromatic rings. The van der Waals surface area contributed by atoms with E-state index in [1.165, 1.54) is 110 Å². The van der Waals surface area contributed by atoms with Gasteiger partial charge in [-0.25, -0.2) is 0 Å². The fourth-order valence-electron chi connectivity index (χ4n) is 20.3. The van der Waals surface area contributed by atoms with Gasteiger partial charge in [0.15, 0.2) is 23.1 Å². The molecule has 23 heteroatoms. The van der Waals surface area contributed by atoms with E-state index in [0.29, 0.717) is 64.7 Å². The maximum atomic E-state index is 11.5. The number of benzene rings is 4. The molecule has 8 saturated heterocycles. The maximum Gasteiger partial charge on any atom is 0.219 e. The Kier molecular flexibility index (Phi) is 32.4. The van der Waals surface area contributed by atoms with Gasteiger partial charge in [-0.05, 0) is 184 Å². The van der Waals surface area contributed by atoms with Crippen molar-refractivity contribution in [3.8, 4) is 23.0 Å². The van der Waals surface area contributed by atoms with Crippen molar-refractivity contribution >= 4 is 40.5 Å². The average molecular weight is 1740 g/mol. The van der Waals surface area contributed by atoms with Gasteiger partial charge in [-0.2, -0.15) is 0 Å². The Bertz CT molecular complexity index is 4500. The number of unbranched alkanes of at least 4 members (excludes halogenated alkanes) is 2. The van der Waals surface area contributed by atoms with Crippen molar-refractivity contribution in [1.29, 1.82) is 0 Å². The van der Waals surface area contributed by atoms with E-state index < -0.39 is 23.1 Å². The molecular formula is C104H140N8O15. The molecule has 0 bridgehead atoms. The molecular weight excluding hydrogens is 1600 g/mol. The predicted molar refractivity (Wildman–Crippen MR) is 499 cm³/mol. The van der Waals surface area contributed by atoms with Gasteiger partial charge in [-0.3, -0.25) is 14.4 Å². The molecule has 6 aliphatic carbocycles. The minimum absolute atomic E-state index is 0.0481. The lowest BCUT2D eigenvalue weighted by Crippen LogP contribution is -2.48. The molecule has 0 radical (unpaired) electrons. The van der Waals surface area contributed by atoms with Gasteiger partial charge in [0.2, 0.25) is 17.7 Å². The van der Waals surface area contributed by atoms with Crippen LogP contribution < -0.4 is 38.5 Å². The molecule has 0 N–H and O–H groups in total. The van der Waals surface area contributed by atoms with Crippen molar-refractivity contribution < 1.29 is 71.2 Å². The van der Waals surface area contributed by atoms with E-state index in [-0.39, 0.29) is 42.1 Å². The molecule has 14 aliphatic rings. The highest BCUT2D eigenvalue weighted by molar-refractivity contribution is 5.75. The smallest absolute Gasteiger partial charge is 0.219 e. The molecule has 0 aromatic heterocycles. The molecule has 3 amide bonds. The number of carbonyl (C=O) groups is 3. The van der Waals surface area contributed by atoms with Crippen LogP contribution in [0.3, 0.4) is 0 Å². The molecule has 2 saturated carbocycles. The first-order chi connectivity index (χ1) is 62.0. The summed E-state index contributed by atoms with van der Waals surface area (Å²) in [6, 6.07) is 33.1. The Labute approximate surface area is 754 Å². The Balaban J connectivity index is 0.000000131. The van der Waals surface area contributed by atoms with Crippen LogP contribution in [0.25, 0.3) is 0 Å². The molecule has 4 aromatic carbocycles. The summed E-state index contributed by atoms with van der Waals surface area (Å²) < 4.78 is 75.6. The normalized spacial score (nSPS) is 27.1. The quantitative estimate of drug-likeness (QED) is 0.0466. The SMILES string of the molecule is C=C(C)N1CCN(c2ccc(OCC3COC(CCCCC)(C4=CC=CC4)O3)cc2)CC1.CC(=O)N1CCN(c2ccc(OCC3COC(C4=CC=CC4)(C4CCCC4)O3)cc2)CC1.CC(=O)N1CCN(c2ccc(OCC3COC(C4=CC=CC4)(C4CCCCC4)O3)cc2)CC1.CCCC1(C2=CC=CC2)OCC(COc2ccc(N3CCN(C(C)=O)CC3)cc2)O1. The first-order valence-corrected chi connectivity index (χ1v) is 47.8. The summed E-state index contributed by atoms with van der Waals surface area (Å²) in [5.41, 5.74) is 10.9. The van der Waals surface area contributed by atoms with Crippen LogP contribution in [-0.4, -0.2) is 242 Å². The fraction of sp³-hybridized carbons (Fsp3) is 0.567. The summed E-state index contributed by atoms with van der Waals surface area (Å²) >= 11 is 0. The number of anilines is 4. The number of hydrogen-bond acceptors (Lipinski definition) is 20. The Morgan fingerprint density at radius 2 is 0.638 bits per heavy atom. The van der Waals surface area contributed by atoms with Crippen molar-refractivity contribution in [3.63, 3.8) is 0 Å². The molecule has 18 rings (SSSR count). The number of hydrogen-bond donors (Lipinski definition) is 0. The van der Waals surface area contributed by atoms with E-state index >= 15 is 0 Å². The van der Waals surface area contributed by atoms with E-state index in [2.05, 4.69) is 185 Å². The van der Waals surface area contributed by atoms with Crippen LogP contribution in [0.1, 0.15) is 164 Å². The first-order valence-electron chi connectivity index (χ1n) is 47.8. The highest BCUT2D eigenvalue weighted by Gasteiger charge is 2.53. The molecule has 8 aliphatic heterocycles. The molecule has 8 heterocycles. The van der Waals surface area contributed by atoms with Crippen LogP contribution in [0, 0.1) is 11.8 Å². The summed E-state index contributed by atoms with van der Waals surface area (Å²) in [6.07, 6.45) is 46.5. The number of rotatable bonds is 29. The maximum absolute atomic E-state index is 11.5. The van der Waals surface area contributed by atoms with E-state index in [4.69, 9.17) is 56.8 Å². The van der Waals surface area contributed by atoms with E-state index in [0.717, 1.165) is 190 Å². The van der Waals surface area contributed by atoms with Crippen LogP contribution in [0.2, 0.25) is 0 Å². The van der Waals surface area contributed by atoms with Crippen molar-refractivity contribution in [1.82, 2.24) is 19.6 Å². The Morgan fingerprint density at radius 1 is 0.346 bits per heavy atom. The molecule has 127 heavy (non-hydrogen) atoms. The number of amides is 3. The van der Waals surface area contributed by atoms with Crippen LogP contribution in [0.5, 0.6) is 23.0 Å². The number of piperazine rings is 4. The second-order valence-corrected chi connectivity index (χ2v) is 36.3. The second-order valence-electron chi connectivity index (χ2n) is 36.3. The van der Waals surface area contributed by atoms with Crippen LogP contribution >= 0.6 is 0 Å². The number of allylic oxidation sites excluding steroid dienone is 13. The van der Waals surface area contributed by atoms with Gasteiger partial charge in [-0.1, -0.05) is 145 Å². The number of nitrogens with zero attached hydrogens (tertiary/aromatic N) is 8. The van der Waals surface area contributed by atoms with Crippen molar-refractivity contribution in [3.05, 3.63) is 205 Å². The number of carbonyl (C=O) groups excluding carboxylic acids is 3. The largest absolute Gasteiger partial charge is 0.491 e. The van der Waals surface area contributed by atoms with Gasteiger partial charge < -0.3 is 96.0 Å². The topological polar surface area (TPSA) is 188 Å². The molecule has 23 nitrogen and oxygen atoms in total. The van der Waals surface area contributed by atoms with E-state index in [1.54, 1.807) is 20.8 Å². The lowest BCUT2D eigenvalue weighted by molar-refractivity contribution is -0.185. The third kappa shape index (κ3) is 23.5. The third-order valence-corrected chi connectivity index (χ3v) is 27.6. The van der Waals surface area contributed by atoms with Gasteiger partial charge in [0, 0.05) is 179 Å². The van der Waals surface area contributed by atoms with Gasteiger partial charge in [0.25, 0.3) is 0 Å². The van der Waals surface area contributed by atoms with Gasteiger partial charge in [-0.15, -0.1) is 0 Å². The lowest BCUT2D eigenvalue weighted by Gasteiger charge is -2.39. The van der Waals surface area contributed by atoms with Crippen molar-refractivity contribution in [2.75, 3.05) is 177 Å². The van der Waals surface area contributed by atoms with Gasteiger partial charge in [0.05, 0.1) is 26.4 Å². The van der Waals surface area contributed by atoms with E-state index in [9.17, 15) is 14.4 Å². The highest BCUT2D eigenvalue weighted by Crippen LogP contribution is 2.50. The number of ether oxygens (including phenoxy) is 12. The minimum Gasteiger partial charge on any atom is -0.491 e. The monoisotopic (exact) mass is 1740 g/mol. The highest BCUT2D eigenvalue weighted by atomic mass is 16.8. The summed E-state index contributed by atoms with van der Waals surface area (Å²) in [6.45, 7) is 33.6. The molecule has 0 spiro atoms. The van der Waals surface area contributed by atoms with Crippen molar-refractivity contribution in [2.24, 2.45) is 11.8 Å². The van der Waals surface area contributed by atoms with Crippen LogP contribution in [0.4, 0.5) is 22.7 Å². The van der Waals surface area contributed by atoms with Gasteiger partial charge in [0.1, 0.15) is 73.8 Å². The zero-order valence-electron chi connectivity index (χ0n) is 76.4. The van der Waals surface area contributed by atoms with Crippen LogP contribution in [0.15, 0.2) is 205 Å². The average Bonchev–Trinajstić information content (AvgIpc) is 1.63. The Hall–Kier alpha value is -9.17. The molecule has 8 unspecified atom stereocenters. The van der Waals surface area contributed by atoms with E-state index in [1.807, 2.05) is 51.1 Å². The fourth-order valence-corrected chi connectivity index (χ4v) is 20.3. The summed E-state index contributed by atoms with van der Waals surface area (Å²) in [7, 11) is 0. The third-order valence-electron chi connectivity index (χ3n) is 27.6. The first kappa shape index (κ1) is 92.5. The second kappa shape index (κ2) is 44.4. The zero-order valence-corrected chi connectivity index (χ0v) is 76.4. The Morgan fingerprint density at radius 3 is 0.929 bits per heavy atom. The van der Waals surface area contributed by atoms with Crippen LogP contribution in [-0.2, 0) is 52.3 Å². The van der Waals surface area contributed by atoms with Gasteiger partial charge >= 0.3 is 0 Å². The predicted octanol–water partition coefficient (Wildman–Crippen LogP) is 17.1. The molecule has 686 valence electrons. The summed E-state index contributed by atoms with van der Waals surface area (Å²) in [5.74, 6) is 2.48. The lowest BCUT2D eigenvalue weighted by atomic mass is 9.79. The standard InChI is InChI=1S/C27H36N2O4.C27H38N2O3.C26H34N2O4.C24H32N2O4/c1-21(30)28-15-17-29(18-16-28)24-11-13-25(14-12-24)31-19-26-20-32-27(33-26,23-9-5-6-10-23)22-7-3-2-4-8-22;1-4-5-8-15-27(23-9-6-7-10-23)31-21-26(32-27)20-30-25-13-11-24(12-14-25)29-18-16-28(17-19-29)22(2)3;1-20(29)27-14-16-28(17-15-27)23-10-12-24(13-11-23)30-18-25-19-31-26(32-25,21-6-2-3-7-21)22-8-4-5-9-22;1-3-12-24(20-6-4-5-7-20)29-18-23(30-24)17-28-22-10-8-21(9-11-22)26-15-13-25(14-16-26)19(2)27/h5-6,9,11-14,22,26H,2-4,7-8,10,15-20H2,1H3;6-7,9,11-14,26H,2,4-5,8,10,15-21H2,1,3H3;2-3,6,10-13,22,25H,4-5,7-9,14-19H2,1H3;4-6,8-11,23H,3,7,12-18H2,1-2H3. The summed E-state index contributed by atoms with van der Waals surface area (Å²) in [4.78, 5) is 52.0. The zero-order chi connectivity index (χ0) is 88.0. The minimum atomic E-state index is -0.585.